The van der Waals surface area contributed by atoms with Crippen LogP contribution in [0.15, 0.2) is 46.1 Å². The van der Waals surface area contributed by atoms with Gasteiger partial charge < -0.3 is 10.2 Å². The maximum Gasteiger partial charge on any atom is 0.343 e. The molecule has 8 nitrogen and oxygen atoms in total. The molecule has 0 fully saturated rings. The second-order valence-electron chi connectivity index (χ2n) is 6.94. The molecule has 0 aliphatic heterocycles. The van der Waals surface area contributed by atoms with Crippen LogP contribution in [0.1, 0.15) is 30.9 Å². The summed E-state index contributed by atoms with van der Waals surface area (Å²) in [7, 11) is -3.31. The van der Waals surface area contributed by atoms with Gasteiger partial charge in [0.25, 0.3) is 0 Å². The Kier molecular flexibility index (Phi) is 5.03. The number of aromatic amines is 1. The van der Waals surface area contributed by atoms with Crippen molar-refractivity contribution < 1.29 is 18.6 Å². The van der Waals surface area contributed by atoms with Gasteiger partial charge >= 0.3 is 5.69 Å². The summed E-state index contributed by atoms with van der Waals surface area (Å²) >= 11 is 0. The molecule has 0 bridgehead atoms. The van der Waals surface area contributed by atoms with E-state index in [0.717, 1.165) is 6.26 Å². The van der Waals surface area contributed by atoms with Crippen molar-refractivity contribution in [2.45, 2.75) is 31.2 Å². The zero-order valence-electron chi connectivity index (χ0n) is 15.7. The molecule has 0 spiro atoms. The van der Waals surface area contributed by atoms with E-state index in [1.54, 1.807) is 18.2 Å². The number of aromatic nitrogens is 3. The number of nitrogens with zero attached hydrogens (tertiary/aromatic N) is 2. The summed E-state index contributed by atoms with van der Waals surface area (Å²) in [5.41, 5.74) is 1.15. The zero-order chi connectivity index (χ0) is 20.6. The Morgan fingerprint density at radius 3 is 2.32 bits per heavy atom. The SMILES string of the molecule is CC(C)c1cc(-c2n[nH]c(=O)n2Cc2ccc(S(C)(=O)=O)cc2)c(O)cc1O. The second-order valence-corrected chi connectivity index (χ2v) is 8.95. The van der Waals surface area contributed by atoms with E-state index in [9.17, 15) is 23.4 Å². The number of benzene rings is 2. The molecule has 0 saturated heterocycles. The van der Waals surface area contributed by atoms with Crippen molar-refractivity contribution in [2.24, 2.45) is 0 Å². The molecule has 1 heterocycles. The van der Waals surface area contributed by atoms with E-state index in [4.69, 9.17) is 0 Å². The lowest BCUT2D eigenvalue weighted by molar-refractivity contribution is 0.444. The number of rotatable bonds is 5. The largest absolute Gasteiger partial charge is 0.508 e. The van der Waals surface area contributed by atoms with E-state index in [1.807, 2.05) is 13.8 Å². The summed E-state index contributed by atoms with van der Waals surface area (Å²) in [6.45, 7) is 3.93. The van der Waals surface area contributed by atoms with Crippen LogP contribution < -0.4 is 5.69 Å². The van der Waals surface area contributed by atoms with Gasteiger partial charge in [-0.05, 0) is 35.2 Å². The first-order valence-corrected chi connectivity index (χ1v) is 10.5. The number of phenols is 2. The van der Waals surface area contributed by atoms with Gasteiger partial charge in [0.05, 0.1) is 17.0 Å². The van der Waals surface area contributed by atoms with E-state index in [-0.39, 0.29) is 34.7 Å². The van der Waals surface area contributed by atoms with Crippen molar-refractivity contribution >= 4 is 9.84 Å². The first-order valence-electron chi connectivity index (χ1n) is 8.58. The third kappa shape index (κ3) is 3.79. The Morgan fingerprint density at radius 2 is 1.75 bits per heavy atom. The molecule has 148 valence electrons. The lowest BCUT2D eigenvalue weighted by Crippen LogP contribution is -2.18. The molecule has 2 aromatic carbocycles. The molecule has 0 radical (unpaired) electrons. The van der Waals surface area contributed by atoms with E-state index in [0.29, 0.717) is 16.7 Å². The van der Waals surface area contributed by atoms with Crippen molar-refractivity contribution in [1.29, 1.82) is 0 Å². The minimum atomic E-state index is -3.31. The Bertz CT molecular complexity index is 1180. The maximum atomic E-state index is 12.3. The highest BCUT2D eigenvalue weighted by molar-refractivity contribution is 7.90. The summed E-state index contributed by atoms with van der Waals surface area (Å²) < 4.78 is 24.5. The van der Waals surface area contributed by atoms with Crippen LogP contribution in [0.4, 0.5) is 0 Å². The van der Waals surface area contributed by atoms with Gasteiger partial charge in [-0.25, -0.2) is 18.3 Å². The standard InChI is InChI=1S/C19H21N3O5S/c1-11(2)14-8-15(17(24)9-16(14)23)18-20-21-19(25)22(18)10-12-4-6-13(7-5-12)28(3,26)27/h4-9,11,23-24H,10H2,1-3H3,(H,21,25). The predicted octanol–water partition coefficient (Wildman–Crippen LogP) is 2.22. The van der Waals surface area contributed by atoms with Crippen molar-refractivity contribution in [1.82, 2.24) is 14.8 Å². The number of hydrogen-bond acceptors (Lipinski definition) is 6. The molecule has 28 heavy (non-hydrogen) atoms. The Balaban J connectivity index is 2.04. The molecular weight excluding hydrogens is 382 g/mol. The lowest BCUT2D eigenvalue weighted by Gasteiger charge is -2.13. The van der Waals surface area contributed by atoms with Crippen LogP contribution in [0.25, 0.3) is 11.4 Å². The first-order chi connectivity index (χ1) is 13.1. The minimum Gasteiger partial charge on any atom is -0.508 e. The number of hydrogen-bond donors (Lipinski definition) is 3. The Morgan fingerprint density at radius 1 is 1.11 bits per heavy atom. The van der Waals surface area contributed by atoms with Crippen molar-refractivity contribution in [3.8, 4) is 22.9 Å². The second kappa shape index (κ2) is 7.16. The van der Waals surface area contributed by atoms with Crippen molar-refractivity contribution in [3.05, 3.63) is 58.0 Å². The number of H-pyrrole nitrogens is 1. The van der Waals surface area contributed by atoms with Gasteiger partial charge in [0.2, 0.25) is 0 Å². The van der Waals surface area contributed by atoms with E-state index in [1.165, 1.54) is 22.8 Å². The average molecular weight is 403 g/mol. The molecule has 0 unspecified atom stereocenters. The van der Waals surface area contributed by atoms with Crippen LogP contribution in [0.2, 0.25) is 0 Å². The topological polar surface area (TPSA) is 125 Å². The molecule has 3 rings (SSSR count). The van der Waals surface area contributed by atoms with Gasteiger partial charge in [-0.2, -0.15) is 5.10 Å². The summed E-state index contributed by atoms with van der Waals surface area (Å²) in [5.74, 6) is -0.00906. The van der Waals surface area contributed by atoms with E-state index < -0.39 is 15.5 Å². The lowest BCUT2D eigenvalue weighted by atomic mass is 9.98. The maximum absolute atomic E-state index is 12.3. The molecular formula is C19H21N3O5S. The fraction of sp³-hybridized carbons (Fsp3) is 0.263. The van der Waals surface area contributed by atoms with Crippen molar-refractivity contribution in [3.63, 3.8) is 0 Å². The Labute approximate surface area is 162 Å². The normalized spacial score (nSPS) is 11.9. The van der Waals surface area contributed by atoms with E-state index >= 15 is 0 Å². The number of aromatic hydroxyl groups is 2. The van der Waals surface area contributed by atoms with Crippen LogP contribution in [0, 0.1) is 0 Å². The van der Waals surface area contributed by atoms with Gasteiger partial charge in [0.1, 0.15) is 11.5 Å². The highest BCUT2D eigenvalue weighted by Gasteiger charge is 2.19. The highest BCUT2D eigenvalue weighted by Crippen LogP contribution is 2.36. The quantitative estimate of drug-likeness (QED) is 0.600. The molecule has 1 aromatic heterocycles. The monoisotopic (exact) mass is 403 g/mol. The molecule has 3 N–H and O–H groups in total. The van der Waals surface area contributed by atoms with Gasteiger partial charge in [-0.3, -0.25) is 4.57 Å². The molecule has 0 aliphatic rings. The van der Waals surface area contributed by atoms with Crippen molar-refractivity contribution in [2.75, 3.05) is 6.26 Å². The highest BCUT2D eigenvalue weighted by atomic mass is 32.2. The van der Waals surface area contributed by atoms with Crippen LogP contribution in [0.3, 0.4) is 0 Å². The summed E-state index contributed by atoms with van der Waals surface area (Å²) in [6.07, 6.45) is 1.13. The molecule has 3 aromatic rings. The number of nitrogens with one attached hydrogen (secondary N) is 1. The minimum absolute atomic E-state index is 0.00185. The molecule has 0 atom stereocenters. The predicted molar refractivity (Wildman–Crippen MR) is 104 cm³/mol. The molecule has 9 heteroatoms. The third-order valence-electron chi connectivity index (χ3n) is 4.46. The summed E-state index contributed by atoms with van der Waals surface area (Å²) in [5, 5.41) is 26.7. The van der Waals surface area contributed by atoms with Gasteiger partial charge in [0, 0.05) is 12.3 Å². The number of phenolic OH excluding ortho intramolecular Hbond substituents is 2. The fourth-order valence-corrected chi connectivity index (χ4v) is 3.56. The average Bonchev–Trinajstić information content (AvgIpc) is 2.95. The van der Waals surface area contributed by atoms with Gasteiger partial charge in [-0.1, -0.05) is 26.0 Å². The van der Waals surface area contributed by atoms with Gasteiger partial charge in [0.15, 0.2) is 15.7 Å². The molecule has 0 aliphatic carbocycles. The zero-order valence-corrected chi connectivity index (χ0v) is 16.5. The first kappa shape index (κ1) is 19.7. The van der Waals surface area contributed by atoms with Crippen LogP contribution in [0.5, 0.6) is 11.5 Å². The number of sulfone groups is 1. The molecule has 0 saturated carbocycles. The van der Waals surface area contributed by atoms with E-state index in [2.05, 4.69) is 10.2 Å². The smallest absolute Gasteiger partial charge is 0.343 e. The summed E-state index contributed by atoms with van der Waals surface area (Å²) in [6, 6.07) is 9.03. The van der Waals surface area contributed by atoms with Gasteiger partial charge in [-0.15, -0.1) is 0 Å². The third-order valence-corrected chi connectivity index (χ3v) is 5.59. The summed E-state index contributed by atoms with van der Waals surface area (Å²) in [4.78, 5) is 12.4. The Hall–Kier alpha value is -3.07. The van der Waals surface area contributed by atoms with Crippen LogP contribution >= 0.6 is 0 Å². The van der Waals surface area contributed by atoms with Crippen LogP contribution in [-0.4, -0.2) is 39.7 Å². The van der Waals surface area contributed by atoms with Crippen LogP contribution in [-0.2, 0) is 16.4 Å². The molecule has 0 amide bonds. The fourth-order valence-electron chi connectivity index (χ4n) is 2.93.